The summed E-state index contributed by atoms with van der Waals surface area (Å²) in [5, 5.41) is 0.329. The molecule has 0 unspecified atom stereocenters. The number of rotatable bonds is 2. The van der Waals surface area contributed by atoms with E-state index < -0.39 is 0 Å². The monoisotopic (exact) mass is 288 g/mol. The van der Waals surface area contributed by atoms with Crippen molar-refractivity contribution in [2.75, 3.05) is 5.43 Å². The van der Waals surface area contributed by atoms with Gasteiger partial charge in [-0.1, -0.05) is 35.9 Å². The van der Waals surface area contributed by atoms with E-state index in [9.17, 15) is 4.79 Å². The van der Waals surface area contributed by atoms with Gasteiger partial charge in [-0.05, 0) is 17.2 Å². The highest BCUT2D eigenvalue weighted by atomic mass is 35.5. The number of hydrogen-bond acceptors (Lipinski definition) is 4. The first-order valence-corrected chi connectivity index (χ1v) is 6.55. The van der Waals surface area contributed by atoms with E-state index in [0.29, 0.717) is 29.5 Å². The summed E-state index contributed by atoms with van der Waals surface area (Å²) in [4.78, 5) is 18.2. The number of halogens is 1. The predicted octanol–water partition coefficient (Wildman–Crippen LogP) is 2.18. The van der Waals surface area contributed by atoms with Crippen LogP contribution in [0.25, 0.3) is 0 Å². The van der Waals surface area contributed by atoms with Gasteiger partial charge in [0.1, 0.15) is 0 Å². The summed E-state index contributed by atoms with van der Waals surface area (Å²) in [6, 6.07) is 9.61. The standard InChI is InChI=1S/C14H13ClN4O/c15-12-5-11(6-17-13(12)18-16)14(20)19-7-9-3-1-2-4-10(9)8-19/h1-6H,7-8,16H2,(H,17,18). The molecule has 3 N–H and O–H groups in total. The molecule has 0 saturated carbocycles. The third-order valence-corrected chi connectivity index (χ3v) is 3.64. The molecule has 1 aliphatic rings. The van der Waals surface area contributed by atoms with Gasteiger partial charge in [0, 0.05) is 19.3 Å². The van der Waals surface area contributed by atoms with Crippen LogP contribution in [0.3, 0.4) is 0 Å². The lowest BCUT2D eigenvalue weighted by atomic mass is 10.1. The fourth-order valence-corrected chi connectivity index (χ4v) is 2.54. The Bertz CT molecular complexity index is 649. The molecule has 102 valence electrons. The topological polar surface area (TPSA) is 71.2 Å². The Morgan fingerprint density at radius 3 is 2.50 bits per heavy atom. The SMILES string of the molecule is NNc1ncc(C(=O)N2Cc3ccccc3C2)cc1Cl. The molecular weight excluding hydrogens is 276 g/mol. The van der Waals surface area contributed by atoms with Gasteiger partial charge in [0.05, 0.1) is 10.6 Å². The molecule has 20 heavy (non-hydrogen) atoms. The Balaban J connectivity index is 1.83. The highest BCUT2D eigenvalue weighted by Crippen LogP contribution is 2.25. The van der Waals surface area contributed by atoms with Crippen molar-refractivity contribution in [2.24, 2.45) is 5.84 Å². The fraction of sp³-hybridized carbons (Fsp3) is 0.143. The summed E-state index contributed by atoms with van der Waals surface area (Å²) < 4.78 is 0. The van der Waals surface area contributed by atoms with Gasteiger partial charge in [-0.2, -0.15) is 0 Å². The van der Waals surface area contributed by atoms with Gasteiger partial charge in [-0.3, -0.25) is 4.79 Å². The summed E-state index contributed by atoms with van der Waals surface area (Å²) in [6.45, 7) is 1.23. The van der Waals surface area contributed by atoms with Gasteiger partial charge in [0.25, 0.3) is 5.91 Å². The Morgan fingerprint density at radius 2 is 1.95 bits per heavy atom. The number of nitrogen functional groups attached to an aromatic ring is 1. The van der Waals surface area contributed by atoms with E-state index in [-0.39, 0.29) is 5.91 Å². The first-order chi connectivity index (χ1) is 9.69. The zero-order valence-electron chi connectivity index (χ0n) is 10.6. The van der Waals surface area contributed by atoms with Gasteiger partial charge < -0.3 is 10.3 Å². The zero-order chi connectivity index (χ0) is 14.1. The lowest BCUT2D eigenvalue weighted by Crippen LogP contribution is -2.25. The van der Waals surface area contributed by atoms with Crippen molar-refractivity contribution in [1.29, 1.82) is 0 Å². The van der Waals surface area contributed by atoms with Gasteiger partial charge in [0.2, 0.25) is 0 Å². The average Bonchev–Trinajstić information content (AvgIpc) is 2.90. The molecule has 1 aliphatic heterocycles. The van der Waals surface area contributed by atoms with Crippen molar-refractivity contribution >= 4 is 23.3 Å². The second kappa shape index (κ2) is 5.11. The number of nitrogens with one attached hydrogen (secondary N) is 1. The van der Waals surface area contributed by atoms with Gasteiger partial charge in [-0.15, -0.1) is 0 Å². The normalized spacial score (nSPS) is 13.2. The smallest absolute Gasteiger partial charge is 0.256 e. The second-order valence-corrected chi connectivity index (χ2v) is 5.04. The number of hydrogen-bond donors (Lipinski definition) is 2. The summed E-state index contributed by atoms with van der Waals surface area (Å²) in [7, 11) is 0. The van der Waals surface area contributed by atoms with Crippen LogP contribution < -0.4 is 11.3 Å². The molecule has 0 bridgehead atoms. The molecule has 0 spiro atoms. The first-order valence-electron chi connectivity index (χ1n) is 6.17. The number of nitrogens with two attached hydrogens (primary N) is 1. The lowest BCUT2D eigenvalue weighted by Gasteiger charge is -2.15. The molecule has 0 saturated heterocycles. The summed E-state index contributed by atoms with van der Waals surface area (Å²) >= 11 is 5.99. The summed E-state index contributed by atoms with van der Waals surface area (Å²) in [5.41, 5.74) is 5.20. The van der Waals surface area contributed by atoms with E-state index in [1.54, 1.807) is 11.0 Å². The maximum Gasteiger partial charge on any atom is 0.256 e. The lowest BCUT2D eigenvalue weighted by molar-refractivity contribution is 0.0751. The minimum Gasteiger partial charge on any atom is -0.330 e. The molecule has 0 atom stereocenters. The van der Waals surface area contributed by atoms with Crippen molar-refractivity contribution in [2.45, 2.75) is 13.1 Å². The molecule has 1 aromatic carbocycles. The molecule has 1 aromatic heterocycles. The number of nitrogens with zero attached hydrogens (tertiary/aromatic N) is 2. The van der Waals surface area contributed by atoms with Gasteiger partial charge >= 0.3 is 0 Å². The molecule has 5 nitrogen and oxygen atoms in total. The fourth-order valence-electron chi connectivity index (χ4n) is 2.32. The van der Waals surface area contributed by atoms with Crippen LogP contribution in [-0.2, 0) is 13.1 Å². The minimum atomic E-state index is -0.0841. The first kappa shape index (κ1) is 12.9. The van der Waals surface area contributed by atoms with Crippen molar-refractivity contribution in [3.63, 3.8) is 0 Å². The molecule has 3 rings (SSSR count). The van der Waals surface area contributed by atoms with Crippen molar-refractivity contribution in [3.05, 3.63) is 58.2 Å². The Morgan fingerprint density at radius 1 is 1.30 bits per heavy atom. The van der Waals surface area contributed by atoms with Crippen molar-refractivity contribution in [3.8, 4) is 0 Å². The van der Waals surface area contributed by atoms with Crippen LogP contribution in [0.15, 0.2) is 36.5 Å². The van der Waals surface area contributed by atoms with Crippen LogP contribution in [0.5, 0.6) is 0 Å². The van der Waals surface area contributed by atoms with Crippen LogP contribution in [0, 0.1) is 0 Å². The summed E-state index contributed by atoms with van der Waals surface area (Å²) in [5.74, 6) is 5.53. The van der Waals surface area contributed by atoms with Gasteiger partial charge in [0.15, 0.2) is 5.82 Å². The molecule has 2 aromatic rings. The zero-order valence-corrected chi connectivity index (χ0v) is 11.4. The third-order valence-electron chi connectivity index (χ3n) is 3.35. The molecule has 0 radical (unpaired) electrons. The Kier molecular flexibility index (Phi) is 3.30. The number of hydrazine groups is 1. The largest absolute Gasteiger partial charge is 0.330 e. The van der Waals surface area contributed by atoms with Crippen LogP contribution in [-0.4, -0.2) is 15.8 Å². The van der Waals surface area contributed by atoms with Crippen LogP contribution in [0.2, 0.25) is 5.02 Å². The summed E-state index contributed by atoms with van der Waals surface area (Å²) in [6.07, 6.45) is 1.48. The van der Waals surface area contributed by atoms with E-state index in [1.807, 2.05) is 24.3 Å². The van der Waals surface area contributed by atoms with Crippen LogP contribution in [0.4, 0.5) is 5.82 Å². The molecule has 0 aliphatic carbocycles. The van der Waals surface area contributed by atoms with E-state index in [1.165, 1.54) is 17.3 Å². The number of carbonyl (C=O) groups excluding carboxylic acids is 1. The number of fused-ring (bicyclic) bond motifs is 1. The predicted molar refractivity (Wildman–Crippen MR) is 77.1 cm³/mol. The van der Waals surface area contributed by atoms with Crippen molar-refractivity contribution in [1.82, 2.24) is 9.88 Å². The number of carbonyl (C=O) groups is 1. The number of amides is 1. The molecular formula is C14H13ClN4O. The maximum atomic E-state index is 12.4. The molecule has 6 heteroatoms. The highest BCUT2D eigenvalue weighted by Gasteiger charge is 2.24. The van der Waals surface area contributed by atoms with E-state index in [2.05, 4.69) is 10.4 Å². The quantitative estimate of drug-likeness (QED) is 0.656. The van der Waals surface area contributed by atoms with E-state index in [4.69, 9.17) is 17.4 Å². The van der Waals surface area contributed by atoms with Crippen LogP contribution >= 0.6 is 11.6 Å². The molecule has 1 amide bonds. The maximum absolute atomic E-state index is 12.4. The number of benzene rings is 1. The Labute approximate surface area is 121 Å². The van der Waals surface area contributed by atoms with E-state index >= 15 is 0 Å². The molecule has 2 heterocycles. The number of pyridine rings is 1. The minimum absolute atomic E-state index is 0.0841. The van der Waals surface area contributed by atoms with Crippen LogP contribution in [0.1, 0.15) is 21.5 Å². The van der Waals surface area contributed by atoms with E-state index in [0.717, 1.165) is 0 Å². The number of aromatic nitrogens is 1. The second-order valence-electron chi connectivity index (χ2n) is 4.63. The van der Waals surface area contributed by atoms with Gasteiger partial charge in [-0.25, -0.2) is 10.8 Å². The number of anilines is 1. The average molecular weight is 289 g/mol. The highest BCUT2D eigenvalue weighted by molar-refractivity contribution is 6.33. The van der Waals surface area contributed by atoms with Crippen molar-refractivity contribution < 1.29 is 4.79 Å². The third kappa shape index (κ3) is 2.21. The Hall–Kier alpha value is -2.11. The molecule has 0 fully saturated rings.